The summed E-state index contributed by atoms with van der Waals surface area (Å²) in [5.41, 5.74) is 2.45. The fourth-order valence-electron chi connectivity index (χ4n) is 4.63. The Balaban J connectivity index is 1.64. The molecule has 0 fully saturated rings. The third-order valence-electron chi connectivity index (χ3n) is 6.20. The fourth-order valence-corrected chi connectivity index (χ4v) is 4.63. The maximum Gasteiger partial charge on any atom is 0.354 e. The number of nitrogens with one attached hydrogen (secondary N) is 1. The Labute approximate surface area is 207 Å². The van der Waals surface area contributed by atoms with E-state index in [0.29, 0.717) is 24.6 Å². The molecule has 3 aromatic heterocycles. The molecule has 5 rings (SSSR count). The molecule has 10 nitrogen and oxygen atoms in total. The van der Waals surface area contributed by atoms with E-state index in [0.717, 1.165) is 34.1 Å². The van der Waals surface area contributed by atoms with Crippen molar-refractivity contribution in [2.24, 2.45) is 0 Å². The van der Waals surface area contributed by atoms with E-state index >= 15 is 0 Å². The van der Waals surface area contributed by atoms with Gasteiger partial charge in [0, 0.05) is 23.6 Å². The molecule has 3 heterocycles. The number of nitrogens with zero attached hydrogens (tertiary/aromatic N) is 6. The molecule has 0 spiro atoms. The molecular formula is C26H27N7O3. The normalized spacial score (nSPS) is 11.9. The number of hydrogen-bond donors (Lipinski definition) is 3. The van der Waals surface area contributed by atoms with Crippen LogP contribution in [-0.4, -0.2) is 50.9 Å². The van der Waals surface area contributed by atoms with Crippen molar-refractivity contribution < 1.29 is 15.0 Å². The van der Waals surface area contributed by atoms with Crippen molar-refractivity contribution in [3.63, 3.8) is 0 Å². The van der Waals surface area contributed by atoms with E-state index in [1.165, 1.54) is 0 Å². The minimum Gasteiger partial charge on any atom is -0.477 e. The van der Waals surface area contributed by atoms with E-state index in [9.17, 15) is 15.0 Å². The van der Waals surface area contributed by atoms with Crippen LogP contribution in [0.15, 0.2) is 54.7 Å². The SMILES string of the molecule is CCCc1nc(C(C)(C)O)c(C(=O)O)n1Cc1cccc2c1ccn2-c1ccccc1-c1nn[nH]n1. The Morgan fingerprint density at radius 3 is 2.61 bits per heavy atom. The van der Waals surface area contributed by atoms with Crippen molar-refractivity contribution in [1.82, 2.24) is 34.7 Å². The second-order valence-electron chi connectivity index (χ2n) is 9.21. The number of carboxylic acid groups (broad SMARTS) is 1. The highest BCUT2D eigenvalue weighted by atomic mass is 16.4. The van der Waals surface area contributed by atoms with Crippen LogP contribution in [0, 0.1) is 0 Å². The maximum atomic E-state index is 12.3. The van der Waals surface area contributed by atoms with Gasteiger partial charge in [-0.3, -0.25) is 0 Å². The molecule has 184 valence electrons. The third-order valence-corrected chi connectivity index (χ3v) is 6.20. The summed E-state index contributed by atoms with van der Waals surface area (Å²) in [6, 6.07) is 15.8. The molecule has 0 amide bonds. The minimum absolute atomic E-state index is 0.0184. The van der Waals surface area contributed by atoms with Gasteiger partial charge >= 0.3 is 5.97 Å². The number of carboxylic acids is 1. The van der Waals surface area contributed by atoms with Crippen molar-refractivity contribution in [2.45, 2.75) is 45.8 Å². The predicted octanol–water partition coefficient (Wildman–Crippen LogP) is 3.93. The van der Waals surface area contributed by atoms with E-state index in [2.05, 4.69) is 30.2 Å². The molecule has 0 bridgehead atoms. The lowest BCUT2D eigenvalue weighted by molar-refractivity contribution is 0.0602. The second-order valence-corrected chi connectivity index (χ2v) is 9.21. The minimum atomic E-state index is -1.38. The summed E-state index contributed by atoms with van der Waals surface area (Å²) in [7, 11) is 0. The summed E-state index contributed by atoms with van der Waals surface area (Å²) < 4.78 is 3.78. The highest BCUT2D eigenvalue weighted by Gasteiger charge is 2.31. The number of H-pyrrole nitrogens is 1. The lowest BCUT2D eigenvalue weighted by atomic mass is 10.0. The molecule has 0 radical (unpaired) electrons. The molecule has 10 heteroatoms. The van der Waals surface area contributed by atoms with Gasteiger partial charge < -0.3 is 19.3 Å². The number of aromatic amines is 1. The first kappa shape index (κ1) is 23.4. The Morgan fingerprint density at radius 2 is 1.92 bits per heavy atom. The van der Waals surface area contributed by atoms with Crippen molar-refractivity contribution >= 4 is 16.9 Å². The van der Waals surface area contributed by atoms with Gasteiger partial charge in [-0.15, -0.1) is 10.2 Å². The number of aromatic carboxylic acids is 1. The summed E-state index contributed by atoms with van der Waals surface area (Å²) in [5, 5.41) is 36.2. The van der Waals surface area contributed by atoms with Gasteiger partial charge in [0.15, 0.2) is 5.69 Å². The Kier molecular flexibility index (Phi) is 5.89. The van der Waals surface area contributed by atoms with Crippen molar-refractivity contribution in [3.8, 4) is 17.1 Å². The number of rotatable bonds is 8. The number of aromatic nitrogens is 7. The van der Waals surface area contributed by atoms with Crippen LogP contribution >= 0.6 is 0 Å². The molecule has 0 aliphatic heterocycles. The summed E-state index contributed by atoms with van der Waals surface area (Å²) >= 11 is 0. The zero-order chi connectivity index (χ0) is 25.4. The van der Waals surface area contributed by atoms with Crippen molar-refractivity contribution in [1.29, 1.82) is 0 Å². The van der Waals surface area contributed by atoms with Crippen molar-refractivity contribution in [3.05, 3.63) is 77.5 Å². The average Bonchev–Trinajstić information content (AvgIpc) is 3.58. The quantitative estimate of drug-likeness (QED) is 0.303. The third kappa shape index (κ3) is 4.05. The molecule has 5 aromatic rings. The summed E-state index contributed by atoms with van der Waals surface area (Å²) in [5.74, 6) is 0.0307. The van der Waals surface area contributed by atoms with Gasteiger partial charge in [-0.2, -0.15) is 5.21 Å². The lowest BCUT2D eigenvalue weighted by Gasteiger charge is -2.16. The van der Waals surface area contributed by atoms with Crippen LogP contribution < -0.4 is 0 Å². The van der Waals surface area contributed by atoms with E-state index < -0.39 is 11.6 Å². The number of carbonyl (C=O) groups is 1. The van der Waals surface area contributed by atoms with Gasteiger partial charge in [-0.25, -0.2) is 9.78 Å². The maximum absolute atomic E-state index is 12.3. The molecule has 0 saturated carbocycles. The van der Waals surface area contributed by atoms with E-state index in [1.54, 1.807) is 18.4 Å². The molecule has 0 aliphatic rings. The van der Waals surface area contributed by atoms with Crippen LogP contribution in [0.3, 0.4) is 0 Å². The number of para-hydroxylation sites is 1. The van der Waals surface area contributed by atoms with E-state index in [4.69, 9.17) is 0 Å². The number of hydrogen-bond acceptors (Lipinski definition) is 6. The van der Waals surface area contributed by atoms with Crippen LogP contribution in [0.1, 0.15) is 54.8 Å². The van der Waals surface area contributed by atoms with Crippen LogP contribution in [0.2, 0.25) is 0 Å². The van der Waals surface area contributed by atoms with E-state index in [1.807, 2.05) is 61.7 Å². The Hall–Kier alpha value is -4.31. The van der Waals surface area contributed by atoms with E-state index in [-0.39, 0.29) is 11.4 Å². The molecule has 0 atom stereocenters. The van der Waals surface area contributed by atoms with Gasteiger partial charge in [-0.1, -0.05) is 31.2 Å². The Bertz CT molecular complexity index is 1540. The molecule has 36 heavy (non-hydrogen) atoms. The lowest BCUT2D eigenvalue weighted by Crippen LogP contribution is -2.22. The summed E-state index contributed by atoms with van der Waals surface area (Å²) in [6.07, 6.45) is 3.38. The number of benzene rings is 2. The van der Waals surface area contributed by atoms with Gasteiger partial charge in [-0.05, 0) is 55.3 Å². The molecule has 0 aliphatic carbocycles. The first-order valence-electron chi connectivity index (χ1n) is 11.8. The zero-order valence-electron chi connectivity index (χ0n) is 20.3. The molecule has 0 unspecified atom stereocenters. The highest BCUT2D eigenvalue weighted by molar-refractivity contribution is 5.89. The zero-order valence-corrected chi connectivity index (χ0v) is 20.3. The van der Waals surface area contributed by atoms with Gasteiger partial charge in [0.05, 0.1) is 17.7 Å². The van der Waals surface area contributed by atoms with Crippen LogP contribution in [0.5, 0.6) is 0 Å². The Morgan fingerprint density at radius 1 is 1.11 bits per heavy atom. The largest absolute Gasteiger partial charge is 0.477 e. The van der Waals surface area contributed by atoms with Crippen LogP contribution in [-0.2, 0) is 18.6 Å². The van der Waals surface area contributed by atoms with Gasteiger partial charge in [0.25, 0.3) is 0 Å². The molecule has 3 N–H and O–H groups in total. The summed E-state index contributed by atoms with van der Waals surface area (Å²) in [6.45, 7) is 5.45. The average molecular weight is 486 g/mol. The monoisotopic (exact) mass is 485 g/mol. The predicted molar refractivity (Wildman–Crippen MR) is 134 cm³/mol. The number of fused-ring (bicyclic) bond motifs is 1. The first-order valence-corrected chi connectivity index (χ1v) is 11.8. The first-order chi connectivity index (χ1) is 17.3. The van der Waals surface area contributed by atoms with Crippen LogP contribution in [0.25, 0.3) is 28.0 Å². The van der Waals surface area contributed by atoms with Crippen molar-refractivity contribution in [2.75, 3.05) is 0 Å². The smallest absolute Gasteiger partial charge is 0.354 e. The highest BCUT2D eigenvalue weighted by Crippen LogP contribution is 2.31. The molecule has 2 aromatic carbocycles. The number of aryl methyl sites for hydroxylation is 1. The standard InChI is InChI=1S/C26H27N7O3/c1-4-8-21-27-23(26(2,3)36)22(25(34)35)33(21)15-16-9-7-12-19-17(16)13-14-32(19)20-11-6-5-10-18(20)24-28-30-31-29-24/h5-7,9-14,36H,4,8,15H2,1-3H3,(H,34,35)(H,28,29,30,31). The van der Waals surface area contributed by atoms with Gasteiger partial charge in [0.1, 0.15) is 17.1 Å². The number of aliphatic hydroxyl groups is 1. The topological polar surface area (TPSA) is 135 Å². The summed E-state index contributed by atoms with van der Waals surface area (Å²) in [4.78, 5) is 16.9. The van der Waals surface area contributed by atoms with Crippen LogP contribution in [0.4, 0.5) is 0 Å². The van der Waals surface area contributed by atoms with Gasteiger partial charge in [0.2, 0.25) is 5.82 Å². The number of imidazole rings is 1. The molecular weight excluding hydrogens is 458 g/mol. The fraction of sp³-hybridized carbons (Fsp3) is 0.269. The molecule has 0 saturated heterocycles. The second kappa shape index (κ2) is 9.04. The number of tetrazole rings is 1.